The average molecular weight is 859 g/mol. The van der Waals surface area contributed by atoms with Crippen molar-refractivity contribution in [1.29, 1.82) is 0 Å². The van der Waals surface area contributed by atoms with Gasteiger partial charge in [-0.15, -0.1) is 0 Å². The number of unbranched alkanes of at least 4 members (excludes halogenated alkanes) is 32. The Labute approximate surface area is 379 Å². The van der Waals surface area contributed by atoms with Gasteiger partial charge >= 0.3 is 11.9 Å². The zero-order valence-corrected chi connectivity index (χ0v) is 39.9. The van der Waals surface area contributed by atoms with E-state index in [1.807, 2.05) is 0 Å². The van der Waals surface area contributed by atoms with Crippen molar-refractivity contribution >= 4 is 33.5 Å². The largest absolute Gasteiger partial charge is 0.492 e. The van der Waals surface area contributed by atoms with Crippen LogP contribution in [-0.2, 0) is 19.1 Å². The summed E-state index contributed by atoms with van der Waals surface area (Å²) in [5, 5.41) is 4.63. The quantitative estimate of drug-likeness (QED) is 0.0321. The van der Waals surface area contributed by atoms with Crippen LogP contribution in [0.3, 0.4) is 0 Å². The van der Waals surface area contributed by atoms with Gasteiger partial charge in [-0.05, 0) is 25.7 Å². The van der Waals surface area contributed by atoms with Crippen LogP contribution in [0.4, 0.5) is 0 Å². The van der Waals surface area contributed by atoms with Crippen molar-refractivity contribution in [2.24, 2.45) is 0 Å². The van der Waals surface area contributed by atoms with Gasteiger partial charge in [0.1, 0.15) is 11.5 Å². The number of fused-ring (bicyclic) bond motifs is 2. The lowest BCUT2D eigenvalue weighted by Crippen LogP contribution is -2.02. The van der Waals surface area contributed by atoms with Gasteiger partial charge in [-0.25, -0.2) is 0 Å². The molecule has 0 saturated heterocycles. The molecule has 0 bridgehead atoms. The highest BCUT2D eigenvalue weighted by Crippen LogP contribution is 2.43. The van der Waals surface area contributed by atoms with Crippen molar-refractivity contribution in [2.75, 3.05) is 27.4 Å². The average Bonchev–Trinajstić information content (AvgIpc) is 3.30. The third-order valence-electron chi connectivity index (χ3n) is 12.8. The molecule has 0 radical (unpaired) electrons. The molecule has 350 valence electrons. The number of esters is 2. The predicted octanol–water partition coefficient (Wildman–Crippen LogP) is 17.1. The molecule has 0 aromatic heterocycles. The molecule has 3 rings (SSSR count). The lowest BCUT2D eigenvalue weighted by atomic mass is 10.0. The first-order valence-electron chi connectivity index (χ1n) is 26.0. The first-order chi connectivity index (χ1) is 30.7. The Balaban J connectivity index is 1.18. The summed E-state index contributed by atoms with van der Waals surface area (Å²) in [6, 6.07) is 17.3. The van der Waals surface area contributed by atoms with Crippen LogP contribution in [0.1, 0.15) is 231 Å². The second-order valence-electron chi connectivity index (χ2n) is 18.1. The van der Waals surface area contributed by atoms with E-state index >= 15 is 0 Å². The van der Waals surface area contributed by atoms with Gasteiger partial charge in [0.2, 0.25) is 0 Å². The summed E-state index contributed by atoms with van der Waals surface area (Å²) in [6.45, 7) is 1.51. The number of ether oxygens (including phenoxy) is 4. The highest BCUT2D eigenvalue weighted by Gasteiger charge is 2.16. The van der Waals surface area contributed by atoms with E-state index in [0.717, 1.165) is 84.8 Å². The zero-order valence-electron chi connectivity index (χ0n) is 39.9. The number of rotatable bonds is 42. The number of benzene rings is 3. The summed E-state index contributed by atoms with van der Waals surface area (Å²) in [5.74, 6) is 1.87. The molecule has 0 aliphatic rings. The summed E-state index contributed by atoms with van der Waals surface area (Å²) in [7, 11) is 2.94. The topological polar surface area (TPSA) is 71.1 Å². The normalized spacial score (nSPS) is 11.4. The van der Waals surface area contributed by atoms with Crippen LogP contribution < -0.4 is 9.47 Å². The van der Waals surface area contributed by atoms with E-state index in [1.54, 1.807) is 0 Å². The summed E-state index contributed by atoms with van der Waals surface area (Å²) < 4.78 is 22.6. The van der Waals surface area contributed by atoms with Crippen LogP contribution in [0, 0.1) is 0 Å². The molecular weight excluding hydrogens is 769 g/mol. The van der Waals surface area contributed by atoms with E-state index in [2.05, 4.69) is 48.5 Å². The number of hydrogen-bond donors (Lipinski definition) is 0. The lowest BCUT2D eigenvalue weighted by molar-refractivity contribution is -0.141. The van der Waals surface area contributed by atoms with Crippen LogP contribution in [0.2, 0.25) is 0 Å². The highest BCUT2D eigenvalue weighted by molar-refractivity contribution is 6.11. The molecule has 0 atom stereocenters. The minimum Gasteiger partial charge on any atom is -0.492 e. The minimum atomic E-state index is -0.0746. The number of carbonyl (C=O) groups is 2. The Morgan fingerprint density at radius 2 is 0.500 bits per heavy atom. The van der Waals surface area contributed by atoms with Gasteiger partial charge in [-0.1, -0.05) is 241 Å². The molecule has 0 aliphatic carbocycles. The maximum Gasteiger partial charge on any atom is 0.305 e. The fourth-order valence-electron chi connectivity index (χ4n) is 8.96. The standard InChI is InChI=1S/C56H90O6/c1-59-53(57)45-33-29-25-21-17-13-9-5-3-7-11-15-19-23-27-31-39-47-61-55-49-41-35-37-43-51(49)56(52-44-38-36-42-50(52)55)62-48-40-32-28-24-20-16-12-8-4-6-10-14-18-22-26-30-34-46-54(58)60-2/h35-38,41-44H,3-34,39-40,45-48H2,1-2H3. The van der Waals surface area contributed by atoms with Crippen molar-refractivity contribution in [3.63, 3.8) is 0 Å². The summed E-state index contributed by atoms with van der Waals surface area (Å²) in [5.41, 5.74) is 0. The SMILES string of the molecule is COC(=O)CCCCCCCCCCCCCCCCCCCOc1c2ccccc2c(OCCCCCCCCCCCCCCCCCCCC(=O)OC)c2ccccc12. The van der Waals surface area contributed by atoms with E-state index in [9.17, 15) is 9.59 Å². The Morgan fingerprint density at radius 1 is 0.306 bits per heavy atom. The molecule has 6 heteroatoms. The van der Waals surface area contributed by atoms with Gasteiger partial charge in [0, 0.05) is 34.4 Å². The van der Waals surface area contributed by atoms with Crippen molar-refractivity contribution < 1.29 is 28.5 Å². The molecule has 0 N–H and O–H groups in total. The third kappa shape index (κ3) is 24.5. The Kier molecular flexibility index (Phi) is 31.8. The second kappa shape index (κ2) is 37.1. The Bertz CT molecular complexity index is 1380. The van der Waals surface area contributed by atoms with Crippen molar-refractivity contribution in [3.05, 3.63) is 48.5 Å². The van der Waals surface area contributed by atoms with Gasteiger partial charge in [0.05, 0.1) is 27.4 Å². The smallest absolute Gasteiger partial charge is 0.305 e. The molecule has 0 aliphatic heterocycles. The highest BCUT2D eigenvalue weighted by atomic mass is 16.5. The van der Waals surface area contributed by atoms with Crippen LogP contribution in [0.5, 0.6) is 11.5 Å². The fraction of sp³-hybridized carbons (Fsp3) is 0.714. The maximum absolute atomic E-state index is 11.2. The molecule has 0 unspecified atom stereocenters. The van der Waals surface area contributed by atoms with E-state index in [4.69, 9.17) is 18.9 Å². The minimum absolute atomic E-state index is 0.0746. The first-order valence-corrected chi connectivity index (χ1v) is 26.0. The molecule has 0 spiro atoms. The zero-order chi connectivity index (χ0) is 44.0. The fourth-order valence-corrected chi connectivity index (χ4v) is 8.96. The van der Waals surface area contributed by atoms with E-state index in [1.165, 1.54) is 194 Å². The lowest BCUT2D eigenvalue weighted by Gasteiger charge is -2.18. The van der Waals surface area contributed by atoms with Crippen LogP contribution in [0.25, 0.3) is 21.5 Å². The number of hydrogen-bond acceptors (Lipinski definition) is 6. The molecule has 0 saturated carbocycles. The van der Waals surface area contributed by atoms with Gasteiger partial charge in [0.15, 0.2) is 0 Å². The van der Waals surface area contributed by atoms with Crippen LogP contribution >= 0.6 is 0 Å². The molecule has 3 aromatic rings. The van der Waals surface area contributed by atoms with E-state index in [0.29, 0.717) is 12.8 Å². The van der Waals surface area contributed by atoms with Crippen LogP contribution in [-0.4, -0.2) is 39.4 Å². The van der Waals surface area contributed by atoms with Crippen molar-refractivity contribution in [3.8, 4) is 11.5 Å². The Morgan fingerprint density at radius 3 is 0.710 bits per heavy atom. The van der Waals surface area contributed by atoms with Crippen molar-refractivity contribution in [1.82, 2.24) is 0 Å². The maximum atomic E-state index is 11.2. The van der Waals surface area contributed by atoms with Gasteiger partial charge < -0.3 is 18.9 Å². The third-order valence-corrected chi connectivity index (χ3v) is 12.8. The number of carbonyl (C=O) groups excluding carboxylic acids is 2. The van der Waals surface area contributed by atoms with Crippen LogP contribution in [0.15, 0.2) is 48.5 Å². The molecule has 0 amide bonds. The molecule has 62 heavy (non-hydrogen) atoms. The second-order valence-corrected chi connectivity index (χ2v) is 18.1. The molecule has 3 aromatic carbocycles. The predicted molar refractivity (Wildman–Crippen MR) is 263 cm³/mol. The van der Waals surface area contributed by atoms with E-state index in [-0.39, 0.29) is 11.9 Å². The van der Waals surface area contributed by atoms with Gasteiger partial charge in [-0.2, -0.15) is 0 Å². The molecule has 0 heterocycles. The monoisotopic (exact) mass is 859 g/mol. The molecular formula is C56H90O6. The summed E-state index contributed by atoms with van der Waals surface area (Å²) >= 11 is 0. The van der Waals surface area contributed by atoms with Gasteiger partial charge in [0.25, 0.3) is 0 Å². The van der Waals surface area contributed by atoms with E-state index < -0.39 is 0 Å². The molecule has 6 nitrogen and oxygen atoms in total. The summed E-state index contributed by atoms with van der Waals surface area (Å²) in [6.07, 6.45) is 45.1. The van der Waals surface area contributed by atoms with Gasteiger partial charge in [-0.3, -0.25) is 9.59 Å². The summed E-state index contributed by atoms with van der Waals surface area (Å²) in [4.78, 5) is 22.3. The first kappa shape index (κ1) is 53.1. The Hall–Kier alpha value is -3.28. The van der Waals surface area contributed by atoms with Crippen molar-refractivity contribution in [2.45, 2.75) is 231 Å². The molecule has 0 fully saturated rings. The number of methoxy groups -OCH3 is 2.